The Morgan fingerprint density at radius 2 is 2.24 bits per heavy atom. The lowest BCUT2D eigenvalue weighted by Crippen LogP contribution is -2.20. The third-order valence-corrected chi connectivity index (χ3v) is 2.75. The van der Waals surface area contributed by atoms with Crippen molar-refractivity contribution in [1.29, 1.82) is 0 Å². The minimum absolute atomic E-state index is 0.0274. The average Bonchev–Trinajstić information content (AvgIpc) is 2.49. The van der Waals surface area contributed by atoms with Crippen molar-refractivity contribution in [3.63, 3.8) is 0 Å². The number of oxime groups is 1. The normalized spacial score (nSPS) is 11.4. The lowest BCUT2D eigenvalue weighted by molar-refractivity contribution is 0.158. The molecule has 4 N–H and O–H groups in total. The molecule has 0 atom stereocenters. The zero-order valence-corrected chi connectivity index (χ0v) is 12.6. The summed E-state index contributed by atoms with van der Waals surface area (Å²) in [4.78, 5) is 0. The van der Waals surface area contributed by atoms with Gasteiger partial charge in [-0.05, 0) is 24.6 Å². The predicted molar refractivity (Wildman–Crippen MR) is 82.8 cm³/mol. The second kappa shape index (κ2) is 8.99. The molecule has 0 unspecified atom stereocenters. The van der Waals surface area contributed by atoms with Gasteiger partial charge in [0.15, 0.2) is 5.84 Å². The smallest absolute Gasteiger partial charge is 0.173 e. The summed E-state index contributed by atoms with van der Waals surface area (Å²) in [6.07, 6.45) is 0. The van der Waals surface area contributed by atoms with Gasteiger partial charge in [0.2, 0.25) is 0 Å². The number of methoxy groups -OCH3 is 1. The molecule has 0 aromatic heterocycles. The molecule has 6 nitrogen and oxygen atoms in total. The standard InChI is InChI=1S/C15H23N3O3/c1-11(2)10-21-7-6-17-9-12-4-5-13(15(16)18-19)14(8-12)20-3/h4-5,8,17,19H,1,6-7,9-10H2,2-3H3,(H2,16,18). The summed E-state index contributed by atoms with van der Waals surface area (Å²) in [5, 5.41) is 15.0. The van der Waals surface area contributed by atoms with Gasteiger partial charge in [-0.1, -0.05) is 23.4 Å². The number of ether oxygens (including phenoxy) is 2. The van der Waals surface area contributed by atoms with Crippen LogP contribution in [0.25, 0.3) is 0 Å². The van der Waals surface area contributed by atoms with Crippen LogP contribution in [0.5, 0.6) is 5.75 Å². The molecule has 0 saturated heterocycles. The highest BCUT2D eigenvalue weighted by Crippen LogP contribution is 2.19. The van der Waals surface area contributed by atoms with Crippen molar-refractivity contribution < 1.29 is 14.7 Å². The van der Waals surface area contributed by atoms with Crippen LogP contribution < -0.4 is 15.8 Å². The van der Waals surface area contributed by atoms with Crippen molar-refractivity contribution in [2.75, 3.05) is 26.9 Å². The summed E-state index contributed by atoms with van der Waals surface area (Å²) < 4.78 is 10.6. The number of hydrogen-bond donors (Lipinski definition) is 3. The largest absolute Gasteiger partial charge is 0.496 e. The van der Waals surface area contributed by atoms with Crippen LogP contribution in [0.1, 0.15) is 18.1 Å². The van der Waals surface area contributed by atoms with Gasteiger partial charge < -0.3 is 25.7 Å². The fraction of sp³-hybridized carbons (Fsp3) is 0.400. The Morgan fingerprint density at radius 1 is 1.48 bits per heavy atom. The maximum absolute atomic E-state index is 8.72. The molecule has 0 aliphatic heterocycles. The van der Waals surface area contributed by atoms with Crippen molar-refractivity contribution in [2.45, 2.75) is 13.5 Å². The maximum atomic E-state index is 8.72. The molecule has 116 valence electrons. The molecule has 0 spiro atoms. The Bertz CT molecular complexity index is 501. The zero-order valence-electron chi connectivity index (χ0n) is 12.6. The third kappa shape index (κ3) is 5.85. The van der Waals surface area contributed by atoms with Gasteiger partial charge in [-0.2, -0.15) is 0 Å². The fourth-order valence-corrected chi connectivity index (χ4v) is 1.73. The molecule has 0 amide bonds. The highest BCUT2D eigenvalue weighted by atomic mass is 16.5. The van der Waals surface area contributed by atoms with E-state index in [4.69, 9.17) is 20.4 Å². The molecule has 0 heterocycles. The molecule has 1 rings (SSSR count). The van der Waals surface area contributed by atoms with Crippen molar-refractivity contribution in [3.05, 3.63) is 41.5 Å². The van der Waals surface area contributed by atoms with Gasteiger partial charge in [0.25, 0.3) is 0 Å². The summed E-state index contributed by atoms with van der Waals surface area (Å²) in [6.45, 7) is 8.36. The molecule has 0 fully saturated rings. The van der Waals surface area contributed by atoms with E-state index < -0.39 is 0 Å². The third-order valence-electron chi connectivity index (χ3n) is 2.75. The number of benzene rings is 1. The molecule has 6 heteroatoms. The molecule has 0 aliphatic carbocycles. The van der Waals surface area contributed by atoms with Gasteiger partial charge in [0, 0.05) is 13.1 Å². The lowest BCUT2D eigenvalue weighted by Gasteiger charge is -2.10. The quantitative estimate of drug-likeness (QED) is 0.160. The van der Waals surface area contributed by atoms with Crippen molar-refractivity contribution in [3.8, 4) is 5.75 Å². The first-order chi connectivity index (χ1) is 10.1. The summed E-state index contributed by atoms with van der Waals surface area (Å²) in [6, 6.07) is 5.52. The van der Waals surface area contributed by atoms with E-state index >= 15 is 0 Å². The molecular weight excluding hydrogens is 270 g/mol. The number of nitrogens with one attached hydrogen (secondary N) is 1. The summed E-state index contributed by atoms with van der Waals surface area (Å²) in [7, 11) is 1.55. The Labute approximate surface area is 125 Å². The van der Waals surface area contributed by atoms with Crippen LogP contribution in [0.4, 0.5) is 0 Å². The highest BCUT2D eigenvalue weighted by molar-refractivity contribution is 5.99. The average molecular weight is 293 g/mol. The molecule has 1 aromatic carbocycles. The van der Waals surface area contributed by atoms with Gasteiger partial charge in [-0.3, -0.25) is 0 Å². The van der Waals surface area contributed by atoms with Crippen LogP contribution in [0, 0.1) is 0 Å². The monoisotopic (exact) mass is 293 g/mol. The minimum atomic E-state index is 0.0274. The van der Waals surface area contributed by atoms with E-state index in [2.05, 4.69) is 17.1 Å². The van der Waals surface area contributed by atoms with Crippen LogP contribution in [0.3, 0.4) is 0 Å². The fourth-order valence-electron chi connectivity index (χ4n) is 1.73. The van der Waals surface area contributed by atoms with Crippen LogP contribution >= 0.6 is 0 Å². The maximum Gasteiger partial charge on any atom is 0.173 e. The van der Waals surface area contributed by atoms with Crippen LogP contribution in [0.15, 0.2) is 35.5 Å². The molecule has 0 bridgehead atoms. The van der Waals surface area contributed by atoms with Gasteiger partial charge in [-0.15, -0.1) is 0 Å². The van der Waals surface area contributed by atoms with Gasteiger partial charge >= 0.3 is 0 Å². The van der Waals surface area contributed by atoms with E-state index in [1.54, 1.807) is 13.2 Å². The van der Waals surface area contributed by atoms with Crippen LogP contribution in [-0.4, -0.2) is 37.9 Å². The Balaban J connectivity index is 2.48. The summed E-state index contributed by atoms with van der Waals surface area (Å²) >= 11 is 0. The highest BCUT2D eigenvalue weighted by Gasteiger charge is 2.08. The van der Waals surface area contributed by atoms with Crippen molar-refractivity contribution in [1.82, 2.24) is 5.32 Å². The predicted octanol–water partition coefficient (Wildman–Crippen LogP) is 1.47. The van der Waals surface area contributed by atoms with Crippen LogP contribution in [-0.2, 0) is 11.3 Å². The zero-order chi connectivity index (χ0) is 15.7. The molecule has 1 aromatic rings. The molecule has 0 aliphatic rings. The first-order valence-corrected chi connectivity index (χ1v) is 6.66. The number of rotatable bonds is 9. The minimum Gasteiger partial charge on any atom is -0.496 e. The van der Waals surface area contributed by atoms with Gasteiger partial charge in [-0.25, -0.2) is 0 Å². The van der Waals surface area contributed by atoms with E-state index in [9.17, 15) is 0 Å². The number of nitrogens with zero attached hydrogens (tertiary/aromatic N) is 1. The first-order valence-electron chi connectivity index (χ1n) is 6.66. The second-order valence-corrected chi connectivity index (χ2v) is 4.71. The van der Waals surface area contributed by atoms with Crippen LogP contribution in [0.2, 0.25) is 0 Å². The SMILES string of the molecule is C=C(C)COCCNCc1ccc(/C(N)=N/O)c(OC)c1. The summed E-state index contributed by atoms with van der Waals surface area (Å²) in [5.41, 5.74) is 8.20. The van der Waals surface area contributed by atoms with Crippen molar-refractivity contribution in [2.24, 2.45) is 10.9 Å². The lowest BCUT2D eigenvalue weighted by atomic mass is 10.1. The molecule has 0 radical (unpaired) electrons. The molecular formula is C15H23N3O3. The van der Waals surface area contributed by atoms with Crippen molar-refractivity contribution >= 4 is 5.84 Å². The number of amidine groups is 1. The Kier molecular flexibility index (Phi) is 7.28. The van der Waals surface area contributed by atoms with Gasteiger partial charge in [0.05, 0.1) is 25.9 Å². The molecule has 0 saturated carbocycles. The van der Waals surface area contributed by atoms with E-state index in [0.29, 0.717) is 31.1 Å². The van der Waals surface area contributed by atoms with E-state index in [-0.39, 0.29) is 5.84 Å². The Morgan fingerprint density at radius 3 is 2.86 bits per heavy atom. The van der Waals surface area contributed by atoms with E-state index in [1.165, 1.54) is 0 Å². The van der Waals surface area contributed by atoms with Gasteiger partial charge in [0.1, 0.15) is 5.75 Å². The number of hydrogen-bond acceptors (Lipinski definition) is 5. The second-order valence-electron chi connectivity index (χ2n) is 4.71. The topological polar surface area (TPSA) is 89.1 Å². The van der Waals surface area contributed by atoms with E-state index in [1.807, 2.05) is 19.1 Å². The first kappa shape index (κ1) is 17.0. The Hall–Kier alpha value is -2.05. The number of nitrogens with two attached hydrogens (primary N) is 1. The summed E-state index contributed by atoms with van der Waals surface area (Å²) in [5.74, 6) is 0.600. The van der Waals surface area contributed by atoms with E-state index in [0.717, 1.165) is 17.7 Å². The molecule has 21 heavy (non-hydrogen) atoms.